The van der Waals surface area contributed by atoms with E-state index in [0.717, 1.165) is 12.1 Å². The Labute approximate surface area is 170 Å². The molecule has 154 valence electrons. The third-order valence-electron chi connectivity index (χ3n) is 4.40. The first kappa shape index (κ1) is 20.5. The maximum Gasteiger partial charge on any atom is 0.262 e. The Morgan fingerprint density at radius 1 is 1.03 bits per heavy atom. The van der Waals surface area contributed by atoms with Crippen LogP contribution in [0, 0.1) is 0 Å². The first-order valence-electron chi connectivity index (χ1n) is 9.83. The molecule has 1 aliphatic rings. The molecule has 1 N–H and O–H groups in total. The number of carbonyl (C=O) groups excluding carboxylic acids is 2. The Hall–Kier alpha value is -3.22. The van der Waals surface area contributed by atoms with Gasteiger partial charge in [0, 0.05) is 36.5 Å². The van der Waals surface area contributed by atoms with Crippen LogP contribution in [0.25, 0.3) is 0 Å². The third-order valence-corrected chi connectivity index (χ3v) is 4.40. The van der Waals surface area contributed by atoms with Crippen molar-refractivity contribution < 1.29 is 23.8 Å². The molecule has 1 aliphatic heterocycles. The summed E-state index contributed by atoms with van der Waals surface area (Å²) in [5.41, 5.74) is 1.39. The van der Waals surface area contributed by atoms with Crippen molar-refractivity contribution in [1.82, 2.24) is 0 Å². The molecule has 0 saturated carbocycles. The highest BCUT2D eigenvalue weighted by atomic mass is 16.5. The number of hydrogen-bond donors (Lipinski definition) is 1. The van der Waals surface area contributed by atoms with Crippen molar-refractivity contribution in [2.45, 2.75) is 26.7 Å². The lowest BCUT2D eigenvalue weighted by molar-refractivity contribution is -0.118. The average Bonchev–Trinajstić information content (AvgIpc) is 3.15. The molecule has 2 amide bonds. The lowest BCUT2D eigenvalue weighted by Gasteiger charge is -2.17. The molecule has 0 aromatic heterocycles. The number of nitrogens with zero attached hydrogens (tertiary/aromatic N) is 1. The molecule has 0 radical (unpaired) electrons. The number of nitrogens with one attached hydrogen (secondary N) is 1. The fourth-order valence-electron chi connectivity index (χ4n) is 3.14. The summed E-state index contributed by atoms with van der Waals surface area (Å²) in [6.07, 6.45) is 1.43. The Morgan fingerprint density at radius 2 is 1.83 bits per heavy atom. The van der Waals surface area contributed by atoms with Crippen molar-refractivity contribution in [3.8, 4) is 17.2 Å². The molecule has 0 atom stereocenters. The number of ether oxygens (including phenoxy) is 3. The van der Waals surface area contributed by atoms with E-state index < -0.39 is 0 Å². The van der Waals surface area contributed by atoms with E-state index in [1.807, 2.05) is 26.0 Å². The zero-order chi connectivity index (χ0) is 20.6. The minimum atomic E-state index is -0.292. The van der Waals surface area contributed by atoms with Crippen LogP contribution in [0.15, 0.2) is 42.5 Å². The van der Waals surface area contributed by atoms with Gasteiger partial charge in [0.25, 0.3) is 5.91 Å². The summed E-state index contributed by atoms with van der Waals surface area (Å²) in [5, 5.41) is 2.79. The van der Waals surface area contributed by atoms with Crippen LogP contribution in [0.5, 0.6) is 17.2 Å². The highest BCUT2D eigenvalue weighted by Crippen LogP contribution is 2.30. The summed E-state index contributed by atoms with van der Waals surface area (Å²) in [6.45, 7) is 5.38. The second kappa shape index (κ2) is 9.82. The second-order valence-electron chi connectivity index (χ2n) is 6.51. The first-order chi connectivity index (χ1) is 14.1. The summed E-state index contributed by atoms with van der Waals surface area (Å²) < 4.78 is 16.7. The SMILES string of the molecule is CCOc1ccc(NC(=O)COc2cccc(N3CCCC3=O)c2)cc1OCC. The van der Waals surface area contributed by atoms with Crippen molar-refractivity contribution >= 4 is 23.2 Å². The number of carbonyl (C=O) groups is 2. The molecule has 29 heavy (non-hydrogen) atoms. The van der Waals surface area contributed by atoms with Crippen LogP contribution >= 0.6 is 0 Å². The molecule has 7 heteroatoms. The first-order valence-corrected chi connectivity index (χ1v) is 9.83. The van der Waals surface area contributed by atoms with Gasteiger partial charge in [0.15, 0.2) is 18.1 Å². The van der Waals surface area contributed by atoms with E-state index in [0.29, 0.717) is 49.1 Å². The largest absolute Gasteiger partial charge is 0.490 e. The van der Waals surface area contributed by atoms with Gasteiger partial charge >= 0.3 is 0 Å². The topological polar surface area (TPSA) is 77.1 Å². The lowest BCUT2D eigenvalue weighted by Crippen LogP contribution is -2.24. The number of rotatable bonds is 9. The quantitative estimate of drug-likeness (QED) is 0.698. The van der Waals surface area contributed by atoms with E-state index in [-0.39, 0.29) is 18.4 Å². The van der Waals surface area contributed by atoms with Crippen LogP contribution < -0.4 is 24.4 Å². The fraction of sp³-hybridized carbons (Fsp3) is 0.364. The summed E-state index contributed by atoms with van der Waals surface area (Å²) in [6, 6.07) is 12.5. The van der Waals surface area contributed by atoms with E-state index in [1.165, 1.54) is 0 Å². The van der Waals surface area contributed by atoms with Crippen LogP contribution in [0.2, 0.25) is 0 Å². The Kier molecular flexibility index (Phi) is 6.94. The molecule has 1 heterocycles. The van der Waals surface area contributed by atoms with Gasteiger partial charge in [-0.25, -0.2) is 0 Å². The Morgan fingerprint density at radius 3 is 2.55 bits per heavy atom. The second-order valence-corrected chi connectivity index (χ2v) is 6.51. The van der Waals surface area contributed by atoms with Gasteiger partial charge in [-0.2, -0.15) is 0 Å². The molecule has 1 fully saturated rings. The molecular weight excluding hydrogens is 372 g/mol. The van der Waals surface area contributed by atoms with Crippen LogP contribution in [0.4, 0.5) is 11.4 Å². The highest BCUT2D eigenvalue weighted by Gasteiger charge is 2.21. The minimum absolute atomic E-state index is 0.112. The van der Waals surface area contributed by atoms with Crippen LogP contribution in [-0.2, 0) is 9.59 Å². The predicted molar refractivity (Wildman–Crippen MR) is 111 cm³/mol. The van der Waals surface area contributed by atoms with Crippen molar-refractivity contribution in [3.05, 3.63) is 42.5 Å². The smallest absolute Gasteiger partial charge is 0.262 e. The number of amides is 2. The monoisotopic (exact) mass is 398 g/mol. The number of benzene rings is 2. The standard InChI is InChI=1S/C22H26N2O5/c1-3-27-19-11-10-16(13-20(19)28-4-2)23-21(25)15-29-18-8-5-7-17(14-18)24-12-6-9-22(24)26/h5,7-8,10-11,13-14H,3-4,6,9,12,15H2,1-2H3,(H,23,25). The van der Waals surface area contributed by atoms with E-state index >= 15 is 0 Å². The van der Waals surface area contributed by atoms with Crippen molar-refractivity contribution in [2.24, 2.45) is 0 Å². The normalized spacial score (nSPS) is 13.3. The maximum absolute atomic E-state index is 12.3. The van der Waals surface area contributed by atoms with Gasteiger partial charge in [0.1, 0.15) is 5.75 Å². The molecule has 0 unspecified atom stereocenters. The molecule has 1 saturated heterocycles. The van der Waals surface area contributed by atoms with Gasteiger partial charge in [-0.3, -0.25) is 9.59 Å². The van der Waals surface area contributed by atoms with Crippen LogP contribution in [0.1, 0.15) is 26.7 Å². The van der Waals surface area contributed by atoms with E-state index in [2.05, 4.69) is 5.32 Å². The fourth-order valence-corrected chi connectivity index (χ4v) is 3.14. The summed E-state index contributed by atoms with van der Waals surface area (Å²) in [4.78, 5) is 25.9. The van der Waals surface area contributed by atoms with Gasteiger partial charge < -0.3 is 24.4 Å². The zero-order valence-electron chi connectivity index (χ0n) is 16.8. The van der Waals surface area contributed by atoms with E-state index in [9.17, 15) is 9.59 Å². The third kappa shape index (κ3) is 5.40. The number of anilines is 2. The van der Waals surface area contributed by atoms with Crippen molar-refractivity contribution in [2.75, 3.05) is 36.6 Å². The molecule has 0 aliphatic carbocycles. The van der Waals surface area contributed by atoms with E-state index in [4.69, 9.17) is 14.2 Å². The minimum Gasteiger partial charge on any atom is -0.490 e. The zero-order valence-corrected chi connectivity index (χ0v) is 16.8. The molecule has 2 aromatic carbocycles. The molecule has 2 aromatic rings. The maximum atomic E-state index is 12.3. The molecule has 0 spiro atoms. The Balaban J connectivity index is 1.59. The average molecular weight is 398 g/mol. The molecule has 7 nitrogen and oxygen atoms in total. The lowest BCUT2D eigenvalue weighted by atomic mass is 10.2. The molecule has 0 bridgehead atoms. The summed E-state index contributed by atoms with van der Waals surface area (Å²) >= 11 is 0. The predicted octanol–water partition coefficient (Wildman–Crippen LogP) is 3.63. The van der Waals surface area contributed by atoms with Gasteiger partial charge in [-0.1, -0.05) is 6.07 Å². The summed E-state index contributed by atoms with van der Waals surface area (Å²) in [7, 11) is 0. The van der Waals surface area contributed by atoms with Crippen LogP contribution in [-0.4, -0.2) is 38.2 Å². The van der Waals surface area contributed by atoms with Gasteiger partial charge in [-0.15, -0.1) is 0 Å². The molecular formula is C22H26N2O5. The van der Waals surface area contributed by atoms with Crippen molar-refractivity contribution in [1.29, 1.82) is 0 Å². The summed E-state index contributed by atoms with van der Waals surface area (Å²) in [5.74, 6) is 1.58. The van der Waals surface area contributed by atoms with Crippen molar-refractivity contribution in [3.63, 3.8) is 0 Å². The van der Waals surface area contributed by atoms with Gasteiger partial charge in [-0.05, 0) is 44.5 Å². The Bertz CT molecular complexity index is 868. The molecule has 3 rings (SSSR count). The van der Waals surface area contributed by atoms with Gasteiger partial charge in [0.05, 0.1) is 13.2 Å². The number of hydrogen-bond acceptors (Lipinski definition) is 5. The highest BCUT2D eigenvalue weighted by molar-refractivity contribution is 5.95. The van der Waals surface area contributed by atoms with Gasteiger partial charge in [0.2, 0.25) is 5.91 Å². The van der Waals surface area contributed by atoms with E-state index in [1.54, 1.807) is 35.2 Å². The van der Waals surface area contributed by atoms with Crippen LogP contribution in [0.3, 0.4) is 0 Å².